The van der Waals surface area contributed by atoms with Crippen LogP contribution in [0.2, 0.25) is 5.02 Å². The van der Waals surface area contributed by atoms with E-state index < -0.39 is 28.5 Å². The fourth-order valence-electron chi connectivity index (χ4n) is 5.21. The number of carbonyl (C=O) groups is 2. The molecule has 9 heteroatoms. The zero-order valence-electron chi connectivity index (χ0n) is 23.6. The first kappa shape index (κ1) is 30.6. The van der Waals surface area contributed by atoms with Crippen LogP contribution in [0.25, 0.3) is 0 Å². The van der Waals surface area contributed by atoms with Gasteiger partial charge in [0, 0.05) is 17.6 Å². The van der Waals surface area contributed by atoms with Gasteiger partial charge in [-0.2, -0.15) is 0 Å². The molecule has 7 nitrogen and oxygen atoms in total. The lowest BCUT2D eigenvalue weighted by molar-refractivity contribution is -0.140. The van der Waals surface area contributed by atoms with Crippen molar-refractivity contribution in [3.63, 3.8) is 0 Å². The van der Waals surface area contributed by atoms with Crippen molar-refractivity contribution in [1.82, 2.24) is 10.2 Å². The third-order valence-electron chi connectivity index (χ3n) is 7.54. The highest BCUT2D eigenvalue weighted by molar-refractivity contribution is 7.92. The van der Waals surface area contributed by atoms with Crippen molar-refractivity contribution in [1.29, 1.82) is 0 Å². The monoisotopic (exact) mass is 595 g/mol. The summed E-state index contributed by atoms with van der Waals surface area (Å²) < 4.78 is 28.9. The largest absolute Gasteiger partial charge is 0.352 e. The molecule has 1 aliphatic carbocycles. The Bertz CT molecular complexity index is 1410. The quantitative estimate of drug-likeness (QED) is 0.290. The fourth-order valence-corrected chi connectivity index (χ4v) is 6.77. The first-order valence-corrected chi connectivity index (χ1v) is 16.0. The fraction of sp³-hybridized carbons (Fsp3) is 0.375. The molecule has 1 fully saturated rings. The summed E-state index contributed by atoms with van der Waals surface area (Å²) in [6.45, 7) is 3.46. The van der Waals surface area contributed by atoms with E-state index in [1.807, 2.05) is 38.1 Å². The number of carbonyl (C=O) groups excluding carboxylic acids is 2. The number of hydrogen-bond donors (Lipinski definition) is 1. The van der Waals surface area contributed by atoms with Crippen LogP contribution in [0.1, 0.15) is 56.6 Å². The molecule has 1 N–H and O–H groups in total. The van der Waals surface area contributed by atoms with Gasteiger partial charge in [0.25, 0.3) is 10.0 Å². The second-order valence-corrected chi connectivity index (χ2v) is 12.9. The van der Waals surface area contributed by atoms with Gasteiger partial charge in [-0.05, 0) is 68.1 Å². The highest BCUT2D eigenvalue weighted by Gasteiger charge is 2.34. The molecule has 0 heterocycles. The Morgan fingerprint density at radius 3 is 2.17 bits per heavy atom. The molecule has 1 saturated carbocycles. The van der Waals surface area contributed by atoms with E-state index >= 15 is 0 Å². The predicted octanol–water partition coefficient (Wildman–Crippen LogP) is 6.10. The molecule has 1 aliphatic rings. The summed E-state index contributed by atoms with van der Waals surface area (Å²) in [6.07, 6.45) is 5.52. The van der Waals surface area contributed by atoms with E-state index in [-0.39, 0.29) is 23.4 Å². The van der Waals surface area contributed by atoms with E-state index in [0.29, 0.717) is 17.1 Å². The molecule has 0 saturated heterocycles. The lowest BCUT2D eigenvalue weighted by Crippen LogP contribution is -2.54. The summed E-state index contributed by atoms with van der Waals surface area (Å²) in [7, 11) is -4.08. The van der Waals surface area contributed by atoms with Crippen molar-refractivity contribution >= 4 is 39.1 Å². The molecule has 1 atom stereocenters. The smallest absolute Gasteiger partial charge is 0.264 e. The maximum atomic E-state index is 14.2. The van der Waals surface area contributed by atoms with Crippen LogP contribution in [0.3, 0.4) is 0 Å². The number of benzene rings is 3. The van der Waals surface area contributed by atoms with Gasteiger partial charge in [0.15, 0.2) is 0 Å². The van der Waals surface area contributed by atoms with E-state index in [2.05, 4.69) is 5.32 Å². The predicted molar refractivity (Wildman–Crippen MR) is 163 cm³/mol. The zero-order valence-corrected chi connectivity index (χ0v) is 25.2. The minimum atomic E-state index is -4.08. The van der Waals surface area contributed by atoms with Crippen LogP contribution in [0, 0.1) is 6.92 Å². The van der Waals surface area contributed by atoms with Gasteiger partial charge >= 0.3 is 0 Å². The Hall–Kier alpha value is -3.36. The number of halogens is 1. The molecule has 3 aromatic carbocycles. The Balaban J connectivity index is 1.68. The van der Waals surface area contributed by atoms with Crippen LogP contribution in [-0.4, -0.2) is 43.8 Å². The number of nitrogens with zero attached hydrogens (tertiary/aromatic N) is 2. The lowest BCUT2D eigenvalue weighted by Gasteiger charge is -2.34. The molecule has 2 amide bonds. The number of hydrogen-bond acceptors (Lipinski definition) is 4. The summed E-state index contributed by atoms with van der Waals surface area (Å²) in [5.74, 6) is -0.680. The van der Waals surface area contributed by atoms with Crippen LogP contribution >= 0.6 is 11.6 Å². The van der Waals surface area contributed by atoms with Gasteiger partial charge < -0.3 is 10.2 Å². The van der Waals surface area contributed by atoms with Crippen LogP contribution < -0.4 is 9.62 Å². The molecule has 4 rings (SSSR count). The topological polar surface area (TPSA) is 86.8 Å². The molecule has 0 aliphatic heterocycles. The number of aryl methyl sites for hydroxylation is 1. The number of rotatable bonds is 11. The van der Waals surface area contributed by atoms with Crippen LogP contribution in [0.5, 0.6) is 0 Å². The molecular weight excluding hydrogens is 558 g/mol. The Kier molecular flexibility index (Phi) is 10.5. The molecule has 41 heavy (non-hydrogen) atoms. The summed E-state index contributed by atoms with van der Waals surface area (Å²) in [6, 6.07) is 21.5. The maximum absolute atomic E-state index is 14.2. The van der Waals surface area contributed by atoms with Crippen molar-refractivity contribution in [2.75, 3.05) is 10.8 Å². The molecule has 0 radical (unpaired) electrons. The maximum Gasteiger partial charge on any atom is 0.264 e. The minimum absolute atomic E-state index is 0.0831. The molecule has 0 aromatic heterocycles. The van der Waals surface area contributed by atoms with Crippen molar-refractivity contribution in [2.45, 2.75) is 75.9 Å². The molecule has 0 bridgehead atoms. The van der Waals surface area contributed by atoms with E-state index in [0.717, 1.165) is 47.5 Å². The molecule has 3 aromatic rings. The highest BCUT2D eigenvalue weighted by atomic mass is 35.5. The third kappa shape index (κ3) is 7.89. The number of nitrogens with one attached hydrogen (secondary N) is 1. The first-order valence-electron chi connectivity index (χ1n) is 14.2. The van der Waals surface area contributed by atoms with Gasteiger partial charge in [-0.1, -0.05) is 85.8 Å². The van der Waals surface area contributed by atoms with E-state index in [1.165, 1.54) is 17.0 Å². The van der Waals surface area contributed by atoms with Crippen LogP contribution in [0.4, 0.5) is 5.69 Å². The average molecular weight is 596 g/mol. The van der Waals surface area contributed by atoms with Gasteiger partial charge in [0.2, 0.25) is 11.8 Å². The standard InChI is InChI=1S/C32H38ClN3O4S/c1-3-30(32(38)34-27-10-6-4-7-11-27)35(22-25-16-18-26(33)19-17-25)31(37)23-36(28-20-14-24(2)15-21-28)41(39,40)29-12-8-5-9-13-29/h5,8-9,12-21,27,30H,3-4,6-7,10-11,22-23H2,1-2H3,(H,34,38)/t30-/m0/s1. The number of amides is 2. The SMILES string of the molecule is CC[C@@H](C(=O)NC1CCCCC1)N(Cc1ccc(Cl)cc1)C(=O)CN(c1ccc(C)cc1)S(=O)(=O)c1ccccc1. The Labute approximate surface area is 248 Å². The Morgan fingerprint density at radius 1 is 0.927 bits per heavy atom. The van der Waals surface area contributed by atoms with Gasteiger partial charge in [-0.3, -0.25) is 13.9 Å². The molecular formula is C32H38ClN3O4S. The average Bonchev–Trinajstić information content (AvgIpc) is 2.98. The summed E-state index contributed by atoms with van der Waals surface area (Å²) >= 11 is 6.10. The second-order valence-electron chi connectivity index (χ2n) is 10.6. The second kappa shape index (κ2) is 14.0. The summed E-state index contributed by atoms with van der Waals surface area (Å²) in [5, 5.41) is 3.72. The van der Waals surface area contributed by atoms with Crippen LogP contribution in [-0.2, 0) is 26.2 Å². The molecule has 218 valence electrons. The van der Waals surface area contributed by atoms with Crippen LogP contribution in [0.15, 0.2) is 83.8 Å². The van der Waals surface area contributed by atoms with Crippen molar-refractivity contribution < 1.29 is 18.0 Å². The highest BCUT2D eigenvalue weighted by Crippen LogP contribution is 2.26. The van der Waals surface area contributed by atoms with Gasteiger partial charge in [-0.15, -0.1) is 0 Å². The molecule has 0 unspecified atom stereocenters. The van der Waals surface area contributed by atoms with Gasteiger partial charge in [0.1, 0.15) is 12.6 Å². The number of anilines is 1. The van der Waals surface area contributed by atoms with E-state index in [9.17, 15) is 18.0 Å². The summed E-state index contributed by atoms with van der Waals surface area (Å²) in [5.41, 5.74) is 2.13. The summed E-state index contributed by atoms with van der Waals surface area (Å²) in [4.78, 5) is 29.3. The van der Waals surface area contributed by atoms with Crippen molar-refractivity contribution in [2.24, 2.45) is 0 Å². The third-order valence-corrected chi connectivity index (χ3v) is 9.58. The van der Waals surface area contributed by atoms with Gasteiger partial charge in [-0.25, -0.2) is 8.42 Å². The zero-order chi connectivity index (χ0) is 29.4. The van der Waals surface area contributed by atoms with E-state index in [4.69, 9.17) is 11.6 Å². The normalized spacial score (nSPS) is 14.7. The van der Waals surface area contributed by atoms with E-state index in [1.54, 1.807) is 42.5 Å². The first-order chi connectivity index (χ1) is 19.7. The van der Waals surface area contributed by atoms with Gasteiger partial charge in [0.05, 0.1) is 10.6 Å². The minimum Gasteiger partial charge on any atom is -0.352 e. The van der Waals surface area contributed by atoms with Crippen molar-refractivity contribution in [3.8, 4) is 0 Å². The number of sulfonamides is 1. The lowest BCUT2D eigenvalue weighted by atomic mass is 9.95. The Morgan fingerprint density at radius 2 is 1.56 bits per heavy atom. The van der Waals surface area contributed by atoms with Crippen molar-refractivity contribution in [3.05, 3.63) is 95.0 Å². The molecule has 0 spiro atoms.